The van der Waals surface area contributed by atoms with Gasteiger partial charge >= 0.3 is 0 Å². The molecule has 4 aromatic rings. The van der Waals surface area contributed by atoms with Crippen LogP contribution < -0.4 is 11.1 Å². The number of halogens is 2. The summed E-state index contributed by atoms with van der Waals surface area (Å²) >= 11 is 1.36. The van der Waals surface area contributed by atoms with E-state index >= 15 is 0 Å². The van der Waals surface area contributed by atoms with E-state index in [1.54, 1.807) is 53.4 Å². The van der Waals surface area contributed by atoms with Gasteiger partial charge < -0.3 is 11.1 Å². The molecule has 168 valence electrons. The Morgan fingerprint density at radius 1 is 0.909 bits per heavy atom. The van der Waals surface area contributed by atoms with Crippen LogP contribution in [0.3, 0.4) is 0 Å². The zero-order valence-electron chi connectivity index (χ0n) is 17.7. The molecule has 0 saturated carbocycles. The summed E-state index contributed by atoms with van der Waals surface area (Å²) in [7, 11) is 0. The number of nitrogen functional groups attached to an aromatic ring is 1. The maximum atomic E-state index is 14.2. The fourth-order valence-electron chi connectivity index (χ4n) is 3.45. The minimum absolute atomic E-state index is 0.0347. The first-order valence-electron chi connectivity index (χ1n) is 10.3. The lowest BCUT2D eigenvalue weighted by atomic mass is 10.1. The van der Waals surface area contributed by atoms with Gasteiger partial charge in [-0.25, -0.2) is 13.8 Å². The first-order chi connectivity index (χ1) is 16.0. The number of aromatic nitrogens is 1. The second-order valence-electron chi connectivity index (χ2n) is 7.52. The van der Waals surface area contributed by atoms with Crippen molar-refractivity contribution in [1.82, 2.24) is 9.88 Å². The molecule has 0 aliphatic carbocycles. The van der Waals surface area contributed by atoms with Crippen molar-refractivity contribution in [3.8, 4) is 11.3 Å². The number of carbonyl (C=O) groups is 1. The molecule has 0 spiro atoms. The molecule has 0 radical (unpaired) electrons. The molecule has 4 rings (SSSR count). The normalized spacial score (nSPS) is 11.0. The van der Waals surface area contributed by atoms with Crippen LogP contribution >= 0.6 is 11.3 Å². The maximum Gasteiger partial charge on any atom is 0.238 e. The van der Waals surface area contributed by atoms with Crippen molar-refractivity contribution in [1.29, 1.82) is 0 Å². The van der Waals surface area contributed by atoms with Gasteiger partial charge in [0.1, 0.15) is 11.6 Å². The molecule has 0 saturated heterocycles. The standard InChI is InChI=1S/C25H22F2N4OS/c26-21-7-3-1-5-18(21)13-31(14-19-6-2-4-8-22(19)27)15-24(32)29-20-11-9-17(10-12-20)23-16-33-25(28)30-23/h1-12,16H,13-15H2,(H2,28,30)(H,29,32). The molecule has 0 bridgehead atoms. The Balaban J connectivity index is 1.46. The van der Waals surface area contributed by atoms with Gasteiger partial charge in [0.05, 0.1) is 12.2 Å². The summed E-state index contributed by atoms with van der Waals surface area (Å²) < 4.78 is 28.4. The summed E-state index contributed by atoms with van der Waals surface area (Å²) in [5.41, 5.74) is 8.84. The third-order valence-electron chi connectivity index (χ3n) is 5.06. The molecule has 1 aromatic heterocycles. The van der Waals surface area contributed by atoms with Crippen molar-refractivity contribution in [2.45, 2.75) is 13.1 Å². The van der Waals surface area contributed by atoms with E-state index in [-0.39, 0.29) is 37.2 Å². The first kappa shape index (κ1) is 22.6. The maximum absolute atomic E-state index is 14.2. The molecule has 0 aliphatic heterocycles. The molecule has 5 nitrogen and oxygen atoms in total. The summed E-state index contributed by atoms with van der Waals surface area (Å²) in [6.45, 7) is 0.296. The van der Waals surface area contributed by atoms with Crippen LogP contribution in [0.25, 0.3) is 11.3 Å². The van der Waals surface area contributed by atoms with Crippen LogP contribution in [0.4, 0.5) is 19.6 Å². The van der Waals surface area contributed by atoms with E-state index in [0.717, 1.165) is 11.3 Å². The van der Waals surface area contributed by atoms with Crippen LogP contribution in [0, 0.1) is 11.6 Å². The predicted molar refractivity (Wildman–Crippen MR) is 128 cm³/mol. The number of amides is 1. The molecule has 3 aromatic carbocycles. The Morgan fingerprint density at radius 3 is 2.00 bits per heavy atom. The molecule has 8 heteroatoms. The van der Waals surface area contributed by atoms with Gasteiger partial charge in [-0.2, -0.15) is 0 Å². The molecule has 3 N–H and O–H groups in total. The number of anilines is 2. The molecule has 0 aliphatic rings. The van der Waals surface area contributed by atoms with E-state index in [1.807, 2.05) is 17.5 Å². The average Bonchev–Trinajstić information content (AvgIpc) is 3.23. The summed E-state index contributed by atoms with van der Waals surface area (Å²) in [5, 5.41) is 5.21. The highest BCUT2D eigenvalue weighted by Crippen LogP contribution is 2.24. The van der Waals surface area contributed by atoms with Gasteiger partial charge in [0, 0.05) is 40.8 Å². The van der Waals surface area contributed by atoms with Gasteiger partial charge in [-0.1, -0.05) is 48.5 Å². The Labute approximate surface area is 194 Å². The smallest absolute Gasteiger partial charge is 0.238 e. The fourth-order valence-corrected chi connectivity index (χ4v) is 4.02. The summed E-state index contributed by atoms with van der Waals surface area (Å²) in [5.74, 6) is -1.02. The largest absolute Gasteiger partial charge is 0.375 e. The Morgan fingerprint density at radius 2 is 1.48 bits per heavy atom. The molecule has 0 fully saturated rings. The van der Waals surface area contributed by atoms with Crippen molar-refractivity contribution >= 4 is 28.1 Å². The van der Waals surface area contributed by atoms with E-state index in [4.69, 9.17) is 5.73 Å². The zero-order chi connectivity index (χ0) is 23.2. The third kappa shape index (κ3) is 6.00. The van der Waals surface area contributed by atoms with Gasteiger partial charge in [0.2, 0.25) is 5.91 Å². The summed E-state index contributed by atoms with van der Waals surface area (Å²) in [4.78, 5) is 18.7. The molecule has 0 unspecified atom stereocenters. The van der Waals surface area contributed by atoms with E-state index in [9.17, 15) is 13.6 Å². The van der Waals surface area contributed by atoms with Crippen LogP contribution in [0.15, 0.2) is 78.2 Å². The van der Waals surface area contributed by atoms with Crippen LogP contribution in [-0.2, 0) is 17.9 Å². The minimum atomic E-state index is -0.366. The van der Waals surface area contributed by atoms with Gasteiger partial charge in [0.25, 0.3) is 0 Å². The van der Waals surface area contributed by atoms with Crippen LogP contribution in [0.1, 0.15) is 11.1 Å². The van der Waals surface area contributed by atoms with E-state index < -0.39 is 0 Å². The number of nitrogens with two attached hydrogens (primary N) is 1. The molecular formula is C25H22F2N4OS. The Hall–Kier alpha value is -3.62. The summed E-state index contributed by atoms with van der Waals surface area (Å²) in [6, 6.07) is 20.0. The second-order valence-corrected chi connectivity index (χ2v) is 8.41. The number of carbonyl (C=O) groups excluding carboxylic acids is 1. The lowest BCUT2D eigenvalue weighted by Crippen LogP contribution is -2.33. The quantitative estimate of drug-likeness (QED) is 0.371. The highest BCUT2D eigenvalue weighted by molar-refractivity contribution is 7.13. The number of benzene rings is 3. The van der Waals surface area contributed by atoms with Gasteiger partial charge in [-0.3, -0.25) is 9.69 Å². The Kier molecular flexibility index (Phi) is 7.07. The topological polar surface area (TPSA) is 71.2 Å². The van der Waals surface area contributed by atoms with Crippen LogP contribution in [0.5, 0.6) is 0 Å². The van der Waals surface area contributed by atoms with Crippen molar-refractivity contribution in [2.75, 3.05) is 17.6 Å². The number of hydrogen-bond donors (Lipinski definition) is 2. The number of rotatable bonds is 8. The highest BCUT2D eigenvalue weighted by atomic mass is 32.1. The lowest BCUT2D eigenvalue weighted by Gasteiger charge is -2.22. The van der Waals surface area contributed by atoms with Crippen molar-refractivity contribution in [3.63, 3.8) is 0 Å². The number of hydrogen-bond acceptors (Lipinski definition) is 5. The minimum Gasteiger partial charge on any atom is -0.375 e. The van der Waals surface area contributed by atoms with E-state index in [2.05, 4.69) is 10.3 Å². The van der Waals surface area contributed by atoms with E-state index in [1.165, 1.54) is 23.5 Å². The van der Waals surface area contributed by atoms with Gasteiger partial charge in [-0.05, 0) is 24.3 Å². The monoisotopic (exact) mass is 464 g/mol. The number of nitrogens with one attached hydrogen (secondary N) is 1. The van der Waals surface area contributed by atoms with Crippen molar-refractivity contribution in [2.24, 2.45) is 0 Å². The second kappa shape index (κ2) is 10.3. The molecular weight excluding hydrogens is 442 g/mol. The number of nitrogens with zero attached hydrogens (tertiary/aromatic N) is 2. The molecule has 1 amide bonds. The average molecular weight is 465 g/mol. The van der Waals surface area contributed by atoms with Gasteiger partial charge in [0.15, 0.2) is 5.13 Å². The van der Waals surface area contributed by atoms with Gasteiger partial charge in [-0.15, -0.1) is 11.3 Å². The SMILES string of the molecule is Nc1nc(-c2ccc(NC(=O)CN(Cc3ccccc3F)Cc3ccccc3F)cc2)cs1. The first-order valence-corrected chi connectivity index (χ1v) is 11.2. The fraction of sp³-hybridized carbons (Fsp3) is 0.120. The molecule has 1 heterocycles. The molecule has 0 atom stereocenters. The highest BCUT2D eigenvalue weighted by Gasteiger charge is 2.16. The lowest BCUT2D eigenvalue weighted by molar-refractivity contribution is -0.117. The van der Waals surface area contributed by atoms with Crippen molar-refractivity contribution < 1.29 is 13.6 Å². The third-order valence-corrected chi connectivity index (χ3v) is 5.73. The zero-order valence-corrected chi connectivity index (χ0v) is 18.5. The molecule has 33 heavy (non-hydrogen) atoms. The van der Waals surface area contributed by atoms with Crippen molar-refractivity contribution in [3.05, 3.63) is 101 Å². The van der Waals surface area contributed by atoms with E-state index in [0.29, 0.717) is 21.9 Å². The van der Waals surface area contributed by atoms with Crippen LogP contribution in [-0.4, -0.2) is 22.3 Å². The Bertz CT molecular complexity index is 1200. The predicted octanol–water partition coefficient (Wildman–Crippen LogP) is 5.31. The van der Waals surface area contributed by atoms with Crippen LogP contribution in [0.2, 0.25) is 0 Å². The summed E-state index contributed by atoms with van der Waals surface area (Å²) in [6.07, 6.45) is 0. The number of thiazole rings is 1.